The van der Waals surface area contributed by atoms with Gasteiger partial charge in [-0.25, -0.2) is 8.42 Å². The third kappa shape index (κ3) is 5.37. The number of aryl methyl sites for hydroxylation is 2. The molecule has 0 aliphatic heterocycles. The lowest BCUT2D eigenvalue weighted by Crippen LogP contribution is -2.28. The van der Waals surface area contributed by atoms with Crippen LogP contribution < -0.4 is 10.1 Å². The molecule has 8 nitrogen and oxygen atoms in total. The summed E-state index contributed by atoms with van der Waals surface area (Å²) in [7, 11) is -0.808. The van der Waals surface area contributed by atoms with Crippen LogP contribution in [-0.4, -0.2) is 39.1 Å². The van der Waals surface area contributed by atoms with Crippen LogP contribution in [0.4, 0.5) is 0 Å². The van der Waals surface area contributed by atoms with Crippen molar-refractivity contribution in [3.05, 3.63) is 82.3 Å². The second-order valence-electron chi connectivity index (χ2n) is 8.13. The molecule has 180 valence electrons. The van der Waals surface area contributed by atoms with E-state index in [1.165, 1.54) is 30.8 Å². The third-order valence-electron chi connectivity index (χ3n) is 5.55. The number of sulfonamides is 1. The van der Waals surface area contributed by atoms with Crippen molar-refractivity contribution in [2.24, 2.45) is 0 Å². The van der Waals surface area contributed by atoms with Gasteiger partial charge in [-0.05, 0) is 55.7 Å². The third-order valence-corrected chi connectivity index (χ3v) is 7.66. The molecule has 3 rings (SSSR count). The molecule has 0 bridgehead atoms. The van der Waals surface area contributed by atoms with Gasteiger partial charge < -0.3 is 14.5 Å². The fraction of sp³-hybridized carbons (Fsp3) is 0.280. The maximum absolute atomic E-state index is 13.2. The van der Waals surface area contributed by atoms with Crippen molar-refractivity contribution < 1.29 is 27.2 Å². The number of ether oxygens (including phenoxy) is 1. The monoisotopic (exact) mass is 484 g/mol. The van der Waals surface area contributed by atoms with E-state index in [0.29, 0.717) is 28.2 Å². The van der Waals surface area contributed by atoms with Gasteiger partial charge in [0.15, 0.2) is 0 Å². The molecular formula is C25H28N2O6S. The maximum atomic E-state index is 13.2. The van der Waals surface area contributed by atoms with Crippen LogP contribution in [0.15, 0.2) is 58.0 Å². The van der Waals surface area contributed by atoms with Crippen molar-refractivity contribution in [1.29, 1.82) is 0 Å². The number of nitrogens with one attached hydrogen (secondary N) is 1. The van der Waals surface area contributed by atoms with E-state index < -0.39 is 10.0 Å². The number of amides is 1. The number of carbonyl (C=O) groups is 2. The molecule has 0 aliphatic rings. The fourth-order valence-corrected chi connectivity index (χ4v) is 5.25. The van der Waals surface area contributed by atoms with Crippen molar-refractivity contribution in [1.82, 2.24) is 9.62 Å². The molecule has 34 heavy (non-hydrogen) atoms. The van der Waals surface area contributed by atoms with Crippen molar-refractivity contribution in [2.75, 3.05) is 14.2 Å². The Morgan fingerprint density at radius 2 is 1.76 bits per heavy atom. The highest BCUT2D eigenvalue weighted by atomic mass is 32.2. The SMILES string of the molecule is COc1cc(C)c(S(=O)(=O)N(C)Cc2cc(C(=O)NC(C)c3ccc(C=O)cc3)co2)c(C)c1. The molecule has 1 aromatic heterocycles. The first-order chi connectivity index (χ1) is 16.1. The molecule has 0 aliphatic carbocycles. The number of hydrogen-bond acceptors (Lipinski definition) is 6. The highest BCUT2D eigenvalue weighted by Gasteiger charge is 2.27. The zero-order chi connectivity index (χ0) is 25.0. The minimum Gasteiger partial charge on any atom is -0.497 e. The van der Waals surface area contributed by atoms with Gasteiger partial charge in [-0.2, -0.15) is 4.31 Å². The van der Waals surface area contributed by atoms with Crippen molar-refractivity contribution >= 4 is 22.2 Å². The van der Waals surface area contributed by atoms with Crippen LogP contribution >= 0.6 is 0 Å². The minimum atomic E-state index is -3.80. The highest BCUT2D eigenvalue weighted by molar-refractivity contribution is 7.89. The summed E-state index contributed by atoms with van der Waals surface area (Å²) in [6.07, 6.45) is 2.06. The predicted octanol–water partition coefficient (Wildman–Crippen LogP) is 4.03. The normalized spacial score (nSPS) is 12.4. The Hall–Kier alpha value is -3.43. The van der Waals surface area contributed by atoms with E-state index >= 15 is 0 Å². The van der Waals surface area contributed by atoms with Gasteiger partial charge >= 0.3 is 0 Å². The molecule has 3 aromatic rings. The number of carbonyl (C=O) groups excluding carboxylic acids is 2. The minimum absolute atomic E-state index is 0.0385. The first-order valence-electron chi connectivity index (χ1n) is 10.6. The molecule has 0 fully saturated rings. The van der Waals surface area contributed by atoms with Gasteiger partial charge in [0.05, 0.1) is 30.2 Å². The highest BCUT2D eigenvalue weighted by Crippen LogP contribution is 2.28. The van der Waals surface area contributed by atoms with Crippen LogP contribution in [0.5, 0.6) is 5.75 Å². The van der Waals surface area contributed by atoms with E-state index in [-0.39, 0.29) is 29.0 Å². The number of aldehydes is 1. The maximum Gasteiger partial charge on any atom is 0.255 e. The van der Waals surface area contributed by atoms with E-state index in [1.54, 1.807) is 50.2 Å². The average Bonchev–Trinajstić information content (AvgIpc) is 3.27. The number of furan rings is 1. The summed E-state index contributed by atoms with van der Waals surface area (Å²) in [6, 6.07) is 11.5. The topological polar surface area (TPSA) is 106 Å². The lowest BCUT2D eigenvalue weighted by molar-refractivity contribution is 0.0938. The van der Waals surface area contributed by atoms with Crippen LogP contribution in [0.2, 0.25) is 0 Å². The Morgan fingerprint density at radius 3 is 2.32 bits per heavy atom. The van der Waals surface area contributed by atoms with Gasteiger partial charge in [-0.15, -0.1) is 0 Å². The quantitative estimate of drug-likeness (QED) is 0.460. The summed E-state index contributed by atoms with van der Waals surface area (Å²) < 4.78 is 38.3. The van der Waals surface area contributed by atoms with Crippen LogP contribution in [0.1, 0.15) is 56.1 Å². The Bertz CT molecular complexity index is 1270. The number of hydrogen-bond donors (Lipinski definition) is 1. The Morgan fingerprint density at radius 1 is 1.15 bits per heavy atom. The average molecular weight is 485 g/mol. The summed E-state index contributed by atoms with van der Waals surface area (Å²) in [5, 5.41) is 2.87. The number of methoxy groups -OCH3 is 1. The molecular weight excluding hydrogens is 456 g/mol. The van der Waals surface area contributed by atoms with Gasteiger partial charge in [-0.1, -0.05) is 24.3 Å². The van der Waals surface area contributed by atoms with E-state index in [4.69, 9.17) is 9.15 Å². The predicted molar refractivity (Wildman–Crippen MR) is 128 cm³/mol. The van der Waals surface area contributed by atoms with Crippen molar-refractivity contribution in [3.63, 3.8) is 0 Å². The summed E-state index contributed by atoms with van der Waals surface area (Å²) in [4.78, 5) is 23.7. The molecule has 1 amide bonds. The summed E-state index contributed by atoms with van der Waals surface area (Å²) in [6.45, 7) is 5.23. The number of nitrogens with zero attached hydrogens (tertiary/aromatic N) is 1. The van der Waals surface area contributed by atoms with E-state index in [9.17, 15) is 18.0 Å². The Labute approximate surface area is 199 Å². The Balaban J connectivity index is 1.71. The summed E-state index contributed by atoms with van der Waals surface area (Å²) in [5.74, 6) is 0.574. The summed E-state index contributed by atoms with van der Waals surface area (Å²) >= 11 is 0. The second kappa shape index (κ2) is 10.2. The molecule has 0 radical (unpaired) electrons. The summed E-state index contributed by atoms with van der Waals surface area (Å²) in [5.41, 5.74) is 2.85. The molecule has 1 heterocycles. The first kappa shape index (κ1) is 25.2. The van der Waals surface area contributed by atoms with Crippen molar-refractivity contribution in [3.8, 4) is 5.75 Å². The molecule has 1 N–H and O–H groups in total. The molecule has 0 spiro atoms. The smallest absolute Gasteiger partial charge is 0.255 e. The zero-order valence-electron chi connectivity index (χ0n) is 19.8. The van der Waals surface area contributed by atoms with E-state index in [0.717, 1.165) is 11.8 Å². The molecule has 0 saturated carbocycles. The molecule has 9 heteroatoms. The second-order valence-corrected chi connectivity index (χ2v) is 10.1. The zero-order valence-corrected chi connectivity index (χ0v) is 20.6. The van der Waals surface area contributed by atoms with Crippen LogP contribution in [0.3, 0.4) is 0 Å². The van der Waals surface area contributed by atoms with Crippen LogP contribution in [-0.2, 0) is 16.6 Å². The van der Waals surface area contributed by atoms with E-state index in [1.807, 2.05) is 6.92 Å². The van der Waals surface area contributed by atoms with Gasteiger partial charge in [-0.3, -0.25) is 9.59 Å². The molecule has 1 unspecified atom stereocenters. The molecule has 2 aromatic carbocycles. The van der Waals surface area contributed by atoms with Crippen molar-refractivity contribution in [2.45, 2.75) is 38.3 Å². The van der Waals surface area contributed by atoms with Gasteiger partial charge in [0.1, 0.15) is 24.1 Å². The number of benzene rings is 2. The largest absolute Gasteiger partial charge is 0.497 e. The fourth-order valence-electron chi connectivity index (χ4n) is 3.70. The van der Waals surface area contributed by atoms with Gasteiger partial charge in [0.25, 0.3) is 5.91 Å². The van der Waals surface area contributed by atoms with Gasteiger partial charge in [0.2, 0.25) is 10.0 Å². The Kier molecular flexibility index (Phi) is 7.58. The number of rotatable bonds is 9. The first-order valence-corrected chi connectivity index (χ1v) is 12.1. The molecule has 1 atom stereocenters. The van der Waals surface area contributed by atoms with E-state index in [2.05, 4.69) is 5.32 Å². The van der Waals surface area contributed by atoms with Gasteiger partial charge in [0, 0.05) is 12.6 Å². The lowest BCUT2D eigenvalue weighted by Gasteiger charge is -2.19. The standard InChI is InChI=1S/C25H28N2O6S/c1-16-10-22(32-5)11-17(2)24(16)34(30,31)27(4)13-23-12-21(15-33-23)25(29)26-18(3)20-8-6-19(14-28)7-9-20/h6-12,14-15,18H,13H2,1-5H3,(H,26,29). The van der Waals surface area contributed by atoms with Crippen LogP contribution in [0, 0.1) is 13.8 Å². The van der Waals surface area contributed by atoms with Crippen LogP contribution in [0.25, 0.3) is 0 Å². The lowest BCUT2D eigenvalue weighted by atomic mass is 10.1. The molecule has 0 saturated heterocycles.